The van der Waals surface area contributed by atoms with Gasteiger partial charge in [-0.15, -0.1) is 0 Å². The zero-order valence-electron chi connectivity index (χ0n) is 14.0. The van der Waals surface area contributed by atoms with Crippen LogP contribution in [0.4, 0.5) is 0 Å². The molecular weight excluding hydrogens is 320 g/mol. The largest absolute Gasteiger partial charge is 0.502 e. The number of hydrogen-bond donors (Lipinski definition) is 1. The number of benzene rings is 1. The Kier molecular flexibility index (Phi) is 4.19. The van der Waals surface area contributed by atoms with E-state index >= 15 is 0 Å². The molecule has 0 fully saturated rings. The molecule has 128 valence electrons. The van der Waals surface area contributed by atoms with Gasteiger partial charge in [-0.25, -0.2) is 0 Å². The second-order valence-corrected chi connectivity index (χ2v) is 6.21. The van der Waals surface area contributed by atoms with Crippen molar-refractivity contribution in [1.29, 1.82) is 5.26 Å². The molecule has 1 aromatic carbocycles. The first-order chi connectivity index (χ1) is 11.9. The van der Waals surface area contributed by atoms with Gasteiger partial charge in [0.2, 0.25) is 5.43 Å². The van der Waals surface area contributed by atoms with Crippen LogP contribution in [0.5, 0.6) is 5.75 Å². The molecule has 0 unspecified atom stereocenters. The third-order valence-corrected chi connectivity index (χ3v) is 4.18. The Morgan fingerprint density at radius 1 is 1.28 bits per heavy atom. The molecule has 25 heavy (non-hydrogen) atoms. The van der Waals surface area contributed by atoms with Gasteiger partial charge in [0.25, 0.3) is 5.91 Å². The lowest BCUT2D eigenvalue weighted by atomic mass is 10.1. The van der Waals surface area contributed by atoms with Crippen LogP contribution >= 0.6 is 0 Å². The maximum Gasteiger partial charge on any atom is 0.278 e. The molecule has 1 aromatic heterocycles. The van der Waals surface area contributed by atoms with E-state index < -0.39 is 11.2 Å². The van der Waals surface area contributed by atoms with Crippen LogP contribution in [0.3, 0.4) is 0 Å². The van der Waals surface area contributed by atoms with Crippen molar-refractivity contribution in [2.45, 2.75) is 26.4 Å². The molecule has 2 heterocycles. The van der Waals surface area contributed by atoms with Crippen LogP contribution in [-0.4, -0.2) is 33.3 Å². The molecule has 0 saturated carbocycles. The summed E-state index contributed by atoms with van der Waals surface area (Å²) in [6, 6.07) is 10.4. The summed E-state index contributed by atoms with van der Waals surface area (Å²) in [6.45, 7) is 4.48. The van der Waals surface area contributed by atoms with E-state index in [-0.39, 0.29) is 17.6 Å². The number of amides is 1. The summed E-state index contributed by atoms with van der Waals surface area (Å²) in [5.74, 6) is -0.930. The Labute approximate surface area is 144 Å². The number of nitrogens with zero attached hydrogens (tertiary/aromatic N) is 4. The predicted molar refractivity (Wildman–Crippen MR) is 91.6 cm³/mol. The molecule has 0 atom stereocenters. The summed E-state index contributed by atoms with van der Waals surface area (Å²) >= 11 is 0. The summed E-state index contributed by atoms with van der Waals surface area (Å²) < 4.78 is 1.51. The molecule has 0 saturated heterocycles. The molecule has 0 bridgehead atoms. The molecule has 3 rings (SSSR count). The SMILES string of the molecule is CC(C)N1CN(Cc2cccc(C#N)c2)n2ccc(=O)c(O)c2C1=O. The molecule has 1 aliphatic heterocycles. The fraction of sp³-hybridized carbons (Fsp3) is 0.278. The van der Waals surface area contributed by atoms with Crippen molar-refractivity contribution in [3.05, 3.63) is 63.6 Å². The van der Waals surface area contributed by atoms with Gasteiger partial charge in [0.05, 0.1) is 18.2 Å². The Balaban J connectivity index is 2.06. The molecule has 0 radical (unpaired) electrons. The molecule has 7 nitrogen and oxygen atoms in total. The van der Waals surface area contributed by atoms with Gasteiger partial charge in [0, 0.05) is 18.3 Å². The monoisotopic (exact) mass is 338 g/mol. The molecule has 7 heteroatoms. The second kappa shape index (κ2) is 6.32. The fourth-order valence-electron chi connectivity index (χ4n) is 2.87. The van der Waals surface area contributed by atoms with Gasteiger partial charge < -0.3 is 10.0 Å². The first-order valence-electron chi connectivity index (χ1n) is 7.92. The third kappa shape index (κ3) is 2.94. The smallest absolute Gasteiger partial charge is 0.278 e. The molecule has 1 amide bonds. The van der Waals surface area contributed by atoms with E-state index in [1.807, 2.05) is 24.9 Å². The van der Waals surface area contributed by atoms with Crippen LogP contribution < -0.4 is 10.4 Å². The summed E-state index contributed by atoms with van der Waals surface area (Å²) in [5.41, 5.74) is 0.816. The van der Waals surface area contributed by atoms with E-state index in [4.69, 9.17) is 5.26 Å². The summed E-state index contributed by atoms with van der Waals surface area (Å²) in [5, 5.41) is 21.0. The van der Waals surface area contributed by atoms with E-state index in [9.17, 15) is 14.7 Å². The van der Waals surface area contributed by atoms with Crippen molar-refractivity contribution in [2.75, 3.05) is 11.7 Å². The lowest BCUT2D eigenvalue weighted by Crippen LogP contribution is -2.55. The maximum atomic E-state index is 12.7. The summed E-state index contributed by atoms with van der Waals surface area (Å²) in [7, 11) is 0. The lowest BCUT2D eigenvalue weighted by molar-refractivity contribution is 0.0628. The highest BCUT2D eigenvalue weighted by molar-refractivity contribution is 5.96. The van der Waals surface area contributed by atoms with Gasteiger partial charge >= 0.3 is 0 Å². The Morgan fingerprint density at radius 3 is 2.72 bits per heavy atom. The topological polar surface area (TPSA) is 89.6 Å². The molecule has 0 spiro atoms. The number of rotatable bonds is 3. The Morgan fingerprint density at radius 2 is 2.04 bits per heavy atom. The van der Waals surface area contributed by atoms with E-state index in [2.05, 4.69) is 6.07 Å². The minimum atomic E-state index is -0.586. The maximum absolute atomic E-state index is 12.7. The van der Waals surface area contributed by atoms with Gasteiger partial charge in [-0.05, 0) is 31.5 Å². The van der Waals surface area contributed by atoms with Crippen molar-refractivity contribution in [3.63, 3.8) is 0 Å². The van der Waals surface area contributed by atoms with Crippen molar-refractivity contribution < 1.29 is 9.90 Å². The molecule has 1 aliphatic rings. The van der Waals surface area contributed by atoms with E-state index in [0.717, 1.165) is 5.56 Å². The normalized spacial score (nSPS) is 13.8. The minimum Gasteiger partial charge on any atom is -0.502 e. The van der Waals surface area contributed by atoms with E-state index in [0.29, 0.717) is 18.8 Å². The van der Waals surface area contributed by atoms with Gasteiger partial charge in [-0.2, -0.15) is 5.26 Å². The zero-order chi connectivity index (χ0) is 18.1. The van der Waals surface area contributed by atoms with Crippen LogP contribution in [0.15, 0.2) is 41.3 Å². The highest BCUT2D eigenvalue weighted by atomic mass is 16.3. The Hall–Kier alpha value is -3.27. The molecule has 2 aromatic rings. The van der Waals surface area contributed by atoms with Gasteiger partial charge in [-0.1, -0.05) is 12.1 Å². The number of hydrogen-bond acceptors (Lipinski definition) is 5. The van der Waals surface area contributed by atoms with Gasteiger partial charge in [-0.3, -0.25) is 19.3 Å². The van der Waals surface area contributed by atoms with Gasteiger partial charge in [0.15, 0.2) is 11.4 Å². The van der Waals surface area contributed by atoms with Crippen LogP contribution in [0.25, 0.3) is 0 Å². The quantitative estimate of drug-likeness (QED) is 0.913. The van der Waals surface area contributed by atoms with Crippen molar-refractivity contribution >= 4 is 5.91 Å². The average Bonchev–Trinajstić information content (AvgIpc) is 2.59. The predicted octanol–water partition coefficient (Wildman–Crippen LogP) is 1.39. The zero-order valence-corrected chi connectivity index (χ0v) is 14.0. The number of fused-ring (bicyclic) bond motifs is 1. The van der Waals surface area contributed by atoms with Crippen molar-refractivity contribution in [1.82, 2.24) is 9.58 Å². The highest BCUT2D eigenvalue weighted by Crippen LogP contribution is 2.22. The summed E-state index contributed by atoms with van der Waals surface area (Å²) in [6.07, 6.45) is 1.49. The lowest BCUT2D eigenvalue weighted by Gasteiger charge is -2.41. The second-order valence-electron chi connectivity index (χ2n) is 6.21. The first kappa shape index (κ1) is 16.6. The van der Waals surface area contributed by atoms with E-state index in [1.54, 1.807) is 23.1 Å². The first-order valence-corrected chi connectivity index (χ1v) is 7.92. The van der Waals surface area contributed by atoms with Crippen LogP contribution in [0, 0.1) is 11.3 Å². The Bertz CT molecular complexity index is 927. The van der Waals surface area contributed by atoms with E-state index in [1.165, 1.54) is 16.9 Å². The summed E-state index contributed by atoms with van der Waals surface area (Å²) in [4.78, 5) is 26.0. The average molecular weight is 338 g/mol. The van der Waals surface area contributed by atoms with Crippen LogP contribution in [-0.2, 0) is 6.54 Å². The minimum absolute atomic E-state index is 0.0381. The number of carbonyl (C=O) groups is 1. The molecule has 0 aliphatic carbocycles. The number of pyridine rings is 1. The van der Waals surface area contributed by atoms with Gasteiger partial charge in [0.1, 0.15) is 6.67 Å². The number of aromatic hydroxyl groups is 1. The van der Waals surface area contributed by atoms with Crippen LogP contribution in [0.1, 0.15) is 35.5 Å². The van der Waals surface area contributed by atoms with Crippen molar-refractivity contribution in [2.24, 2.45) is 0 Å². The number of carbonyl (C=O) groups excluding carboxylic acids is 1. The standard InChI is InChI=1S/C18H18N4O3/c1-12(2)21-11-20(10-14-5-3-4-13(8-14)9-19)22-7-6-15(23)17(24)16(22)18(21)25/h3-8,12,24H,10-11H2,1-2H3. The third-order valence-electron chi connectivity index (χ3n) is 4.18. The number of aromatic nitrogens is 1. The fourth-order valence-corrected chi connectivity index (χ4v) is 2.87. The highest BCUT2D eigenvalue weighted by Gasteiger charge is 2.33. The molecular formula is C18H18N4O3. The number of nitriles is 1. The van der Waals surface area contributed by atoms with Crippen LogP contribution in [0.2, 0.25) is 0 Å². The molecule has 1 N–H and O–H groups in total. The van der Waals surface area contributed by atoms with Crippen molar-refractivity contribution in [3.8, 4) is 11.8 Å².